The van der Waals surface area contributed by atoms with Gasteiger partial charge in [0.25, 0.3) is 0 Å². The standard InChI is InChI=1S/C13H13F3N3O3PS/c14-13(15,16)24(21,22)19(12-9-5-2-6-10-12)23(17,20)18-11-7-3-1-4-8-11/h1-10H,(H3,17,18,20). The van der Waals surface area contributed by atoms with Gasteiger partial charge in [-0.1, -0.05) is 36.4 Å². The lowest BCUT2D eigenvalue weighted by Gasteiger charge is -2.30. The van der Waals surface area contributed by atoms with Gasteiger partial charge in [-0.15, -0.1) is 0 Å². The van der Waals surface area contributed by atoms with E-state index in [1.165, 1.54) is 42.5 Å². The third kappa shape index (κ3) is 3.72. The second-order valence-corrected chi connectivity index (χ2v) is 8.55. The number of hydrogen-bond acceptors (Lipinski definition) is 3. The summed E-state index contributed by atoms with van der Waals surface area (Å²) in [6, 6.07) is 13.6. The van der Waals surface area contributed by atoms with Gasteiger partial charge in [-0.25, -0.2) is 5.50 Å². The van der Waals surface area contributed by atoms with Gasteiger partial charge in [-0.05, 0) is 24.3 Å². The Labute approximate surface area is 136 Å². The SMILES string of the molecule is NP(=O)(Nc1ccccc1)N(c1ccccc1)S(=O)(=O)C(F)(F)F. The molecule has 11 heteroatoms. The van der Waals surface area contributed by atoms with Crippen molar-refractivity contribution in [2.24, 2.45) is 5.50 Å². The summed E-state index contributed by atoms with van der Waals surface area (Å²) in [5, 5.41) is 2.18. The number of nitrogens with two attached hydrogens (primary N) is 1. The van der Waals surface area contributed by atoms with E-state index < -0.39 is 28.8 Å². The summed E-state index contributed by atoms with van der Waals surface area (Å²) in [6.07, 6.45) is 0. The lowest BCUT2D eigenvalue weighted by molar-refractivity contribution is -0.0434. The molecule has 24 heavy (non-hydrogen) atoms. The average molecular weight is 379 g/mol. The highest BCUT2D eigenvalue weighted by Crippen LogP contribution is 2.49. The van der Waals surface area contributed by atoms with Gasteiger partial charge in [0.2, 0.25) is 0 Å². The largest absolute Gasteiger partial charge is 0.517 e. The van der Waals surface area contributed by atoms with E-state index in [-0.39, 0.29) is 9.76 Å². The van der Waals surface area contributed by atoms with E-state index in [4.69, 9.17) is 5.50 Å². The molecule has 0 saturated heterocycles. The first-order valence-corrected chi connectivity index (χ1v) is 9.62. The molecule has 0 spiro atoms. The van der Waals surface area contributed by atoms with Crippen LogP contribution in [0.2, 0.25) is 0 Å². The number of halogens is 3. The van der Waals surface area contributed by atoms with Crippen LogP contribution in [0.15, 0.2) is 60.7 Å². The van der Waals surface area contributed by atoms with Crippen LogP contribution < -0.4 is 14.7 Å². The molecule has 2 aromatic rings. The van der Waals surface area contributed by atoms with Crippen molar-refractivity contribution in [3.8, 4) is 0 Å². The van der Waals surface area contributed by atoms with Crippen molar-refractivity contribution in [2.45, 2.75) is 5.51 Å². The van der Waals surface area contributed by atoms with E-state index in [1.807, 2.05) is 0 Å². The second-order valence-electron chi connectivity index (χ2n) is 4.63. The number of benzene rings is 2. The van der Waals surface area contributed by atoms with Crippen LogP contribution in [-0.4, -0.2) is 13.9 Å². The number of nitrogens with zero attached hydrogens (tertiary/aromatic N) is 1. The van der Waals surface area contributed by atoms with Crippen molar-refractivity contribution in [2.75, 3.05) is 9.16 Å². The van der Waals surface area contributed by atoms with E-state index in [0.29, 0.717) is 0 Å². The molecule has 0 aliphatic rings. The lowest BCUT2D eigenvalue weighted by Crippen LogP contribution is -2.42. The van der Waals surface area contributed by atoms with Crippen LogP contribution >= 0.6 is 7.59 Å². The minimum atomic E-state index is -5.99. The fourth-order valence-electron chi connectivity index (χ4n) is 1.87. The highest BCUT2D eigenvalue weighted by atomic mass is 32.2. The van der Waals surface area contributed by atoms with Crippen molar-refractivity contribution in [1.29, 1.82) is 0 Å². The molecule has 1 atom stereocenters. The quantitative estimate of drug-likeness (QED) is 0.776. The molecule has 2 aromatic carbocycles. The van der Waals surface area contributed by atoms with Gasteiger partial charge >= 0.3 is 23.1 Å². The molecule has 2 rings (SSSR count). The number of rotatable bonds is 5. The molecule has 0 amide bonds. The van der Waals surface area contributed by atoms with Crippen LogP contribution in [0.3, 0.4) is 0 Å². The highest BCUT2D eigenvalue weighted by molar-refractivity contribution is 8.01. The van der Waals surface area contributed by atoms with Gasteiger partial charge in [-0.3, -0.25) is 4.57 Å². The molecule has 1 unspecified atom stereocenters. The molecule has 3 N–H and O–H groups in total. The number of sulfonamides is 1. The van der Waals surface area contributed by atoms with Gasteiger partial charge in [0.15, 0.2) is 0 Å². The summed E-state index contributed by atoms with van der Waals surface area (Å²) in [7, 11) is -10.7. The Kier molecular flexibility index (Phi) is 4.93. The molecule has 0 heterocycles. The normalized spacial score (nSPS) is 14.7. The fourth-order valence-corrected chi connectivity index (χ4v) is 5.23. The molecule has 0 aliphatic carbocycles. The number of anilines is 2. The maximum atomic E-state index is 13.0. The molecule has 0 aromatic heterocycles. The van der Waals surface area contributed by atoms with E-state index in [9.17, 15) is 26.2 Å². The van der Waals surface area contributed by atoms with Crippen LogP contribution in [0.5, 0.6) is 0 Å². The van der Waals surface area contributed by atoms with Gasteiger partial charge in [-0.2, -0.15) is 25.7 Å². The average Bonchev–Trinajstić information content (AvgIpc) is 2.47. The molecule has 6 nitrogen and oxygen atoms in total. The van der Waals surface area contributed by atoms with Gasteiger partial charge in [0, 0.05) is 5.69 Å². The minimum Gasteiger partial charge on any atom is -0.308 e. The fraction of sp³-hybridized carbons (Fsp3) is 0.0769. The molecular formula is C13H13F3N3O3PS. The zero-order valence-corrected chi connectivity index (χ0v) is 13.7. The van der Waals surface area contributed by atoms with Crippen LogP contribution in [0.4, 0.5) is 24.5 Å². The Morgan fingerprint density at radius 2 is 1.42 bits per heavy atom. The minimum absolute atomic E-state index is 0.113. The Morgan fingerprint density at radius 3 is 1.88 bits per heavy atom. The van der Waals surface area contributed by atoms with Gasteiger partial charge < -0.3 is 5.09 Å². The number of hydrogen-bond donors (Lipinski definition) is 2. The monoisotopic (exact) mass is 379 g/mol. The summed E-state index contributed by atoms with van der Waals surface area (Å²) >= 11 is 0. The summed E-state index contributed by atoms with van der Waals surface area (Å²) in [4.78, 5) is 0. The summed E-state index contributed by atoms with van der Waals surface area (Å²) in [6.45, 7) is 0. The van der Waals surface area contributed by atoms with E-state index in [1.54, 1.807) is 6.07 Å². The Hall–Kier alpha value is -2.03. The van der Waals surface area contributed by atoms with E-state index in [2.05, 4.69) is 5.09 Å². The van der Waals surface area contributed by atoms with Crippen molar-refractivity contribution >= 4 is 29.0 Å². The van der Waals surface area contributed by atoms with Crippen molar-refractivity contribution in [3.05, 3.63) is 60.7 Å². The van der Waals surface area contributed by atoms with Crippen molar-refractivity contribution < 1.29 is 26.2 Å². The molecular weight excluding hydrogens is 366 g/mol. The van der Waals surface area contributed by atoms with Gasteiger partial charge in [0.1, 0.15) is 0 Å². The Bertz CT molecular complexity index is 845. The van der Waals surface area contributed by atoms with Gasteiger partial charge in [0.05, 0.1) is 5.69 Å². The Balaban J connectivity index is 2.57. The molecule has 0 aliphatic heterocycles. The van der Waals surface area contributed by atoms with Crippen molar-refractivity contribution in [1.82, 2.24) is 0 Å². The van der Waals surface area contributed by atoms with E-state index >= 15 is 0 Å². The number of nitrogens with one attached hydrogen (secondary N) is 1. The summed E-state index contributed by atoms with van der Waals surface area (Å²) in [5.74, 6) is 0. The lowest BCUT2D eigenvalue weighted by atomic mass is 10.3. The maximum absolute atomic E-state index is 13.0. The molecule has 0 saturated carbocycles. The summed E-state index contributed by atoms with van der Waals surface area (Å²) in [5.41, 5.74) is -0.527. The molecule has 0 radical (unpaired) electrons. The second kappa shape index (κ2) is 6.46. The van der Waals surface area contributed by atoms with Crippen LogP contribution in [-0.2, 0) is 14.6 Å². The predicted molar refractivity (Wildman–Crippen MR) is 85.8 cm³/mol. The maximum Gasteiger partial charge on any atom is 0.517 e. The first kappa shape index (κ1) is 18.3. The van der Waals surface area contributed by atoms with Crippen LogP contribution in [0, 0.1) is 0 Å². The topological polar surface area (TPSA) is 92.5 Å². The number of para-hydroxylation sites is 2. The van der Waals surface area contributed by atoms with Crippen LogP contribution in [0.25, 0.3) is 0 Å². The molecule has 0 bridgehead atoms. The number of alkyl halides is 3. The zero-order chi connectivity index (χ0) is 18.0. The third-order valence-corrected chi connectivity index (χ3v) is 6.80. The third-order valence-electron chi connectivity index (χ3n) is 2.83. The predicted octanol–water partition coefficient (Wildman–Crippen LogP) is 3.52. The molecule has 130 valence electrons. The molecule has 0 fully saturated rings. The van der Waals surface area contributed by atoms with Crippen molar-refractivity contribution in [3.63, 3.8) is 0 Å². The van der Waals surface area contributed by atoms with E-state index in [0.717, 1.165) is 12.1 Å². The first-order chi connectivity index (χ1) is 11.1. The summed E-state index contributed by atoms with van der Waals surface area (Å²) < 4.78 is 75.2. The van der Waals surface area contributed by atoms with Crippen LogP contribution in [0.1, 0.15) is 0 Å². The highest BCUT2D eigenvalue weighted by Gasteiger charge is 2.55. The Morgan fingerprint density at radius 1 is 0.958 bits per heavy atom. The zero-order valence-electron chi connectivity index (χ0n) is 12.0. The smallest absolute Gasteiger partial charge is 0.308 e. The first-order valence-electron chi connectivity index (χ1n) is 6.45.